The third-order valence-electron chi connectivity index (χ3n) is 2.29. The molecule has 0 unspecified atom stereocenters. The third-order valence-corrected chi connectivity index (χ3v) is 2.29. The molecule has 0 spiro atoms. The van der Waals surface area contributed by atoms with Crippen LogP contribution in [0.1, 0.15) is 27.2 Å². The molecule has 6 nitrogen and oxygen atoms in total. The molecule has 0 bridgehead atoms. The van der Waals surface area contributed by atoms with Crippen molar-refractivity contribution in [3.63, 3.8) is 0 Å². The largest absolute Gasteiger partial charge is 0.342 e. The first-order valence-corrected chi connectivity index (χ1v) is 4.24. The van der Waals surface area contributed by atoms with Crippen LogP contribution in [-0.2, 0) is 14.4 Å². The van der Waals surface area contributed by atoms with E-state index >= 15 is 0 Å². The number of ketones is 3. The molecule has 0 aromatic heterocycles. The van der Waals surface area contributed by atoms with Crippen LogP contribution in [0, 0.1) is 5.41 Å². The highest BCUT2D eigenvalue weighted by Gasteiger charge is 2.57. The molecule has 0 atom stereocenters. The molecular formula is C9H14O6. The van der Waals surface area contributed by atoms with E-state index in [0.29, 0.717) is 0 Å². The molecular weight excluding hydrogens is 204 g/mol. The fourth-order valence-electron chi connectivity index (χ4n) is 1.46. The first-order valence-electron chi connectivity index (χ1n) is 4.24. The SMILES string of the molecule is CC(=O)CC(C(C)=O)(C(C)=O)C(O)(O)O. The maximum atomic E-state index is 11.2. The van der Waals surface area contributed by atoms with Crippen molar-refractivity contribution in [3.05, 3.63) is 0 Å². The van der Waals surface area contributed by atoms with Gasteiger partial charge >= 0.3 is 0 Å². The molecule has 0 radical (unpaired) electrons. The van der Waals surface area contributed by atoms with Gasteiger partial charge in [0.1, 0.15) is 5.78 Å². The summed E-state index contributed by atoms with van der Waals surface area (Å²) in [5.41, 5.74) is -2.50. The average Bonchev–Trinajstić information content (AvgIpc) is 1.95. The lowest BCUT2D eigenvalue weighted by atomic mass is 9.73. The number of hydrogen-bond donors (Lipinski definition) is 3. The molecule has 0 heterocycles. The van der Waals surface area contributed by atoms with Gasteiger partial charge < -0.3 is 15.3 Å². The summed E-state index contributed by atoms with van der Waals surface area (Å²) in [6.45, 7) is 2.88. The van der Waals surface area contributed by atoms with E-state index in [4.69, 9.17) is 15.3 Å². The summed E-state index contributed by atoms with van der Waals surface area (Å²) in [6.07, 6.45) is -0.749. The van der Waals surface area contributed by atoms with E-state index in [-0.39, 0.29) is 0 Å². The third kappa shape index (κ3) is 2.47. The maximum Gasteiger partial charge on any atom is 0.296 e. The summed E-state index contributed by atoms with van der Waals surface area (Å²) in [7, 11) is 0. The molecule has 0 aromatic rings. The van der Waals surface area contributed by atoms with E-state index in [0.717, 1.165) is 20.8 Å². The fraction of sp³-hybridized carbons (Fsp3) is 0.667. The van der Waals surface area contributed by atoms with Crippen molar-refractivity contribution < 1.29 is 29.7 Å². The predicted octanol–water partition coefficient (Wildman–Crippen LogP) is -1.24. The molecule has 0 rings (SSSR count). The quantitative estimate of drug-likeness (QED) is 0.393. The second-order valence-electron chi connectivity index (χ2n) is 3.53. The summed E-state index contributed by atoms with van der Waals surface area (Å²) in [4.78, 5) is 33.4. The van der Waals surface area contributed by atoms with E-state index in [1.165, 1.54) is 0 Å². The van der Waals surface area contributed by atoms with Crippen molar-refractivity contribution in [2.75, 3.05) is 0 Å². The van der Waals surface area contributed by atoms with E-state index in [9.17, 15) is 14.4 Å². The Morgan fingerprint density at radius 3 is 1.33 bits per heavy atom. The molecule has 0 aliphatic heterocycles. The number of carbonyl (C=O) groups excluding carboxylic acids is 3. The van der Waals surface area contributed by atoms with Crippen molar-refractivity contribution in [2.45, 2.75) is 33.2 Å². The minimum atomic E-state index is -3.53. The fourth-order valence-corrected chi connectivity index (χ4v) is 1.46. The Morgan fingerprint density at radius 2 is 1.27 bits per heavy atom. The van der Waals surface area contributed by atoms with Gasteiger partial charge in [0.25, 0.3) is 5.97 Å². The Kier molecular flexibility index (Phi) is 3.87. The monoisotopic (exact) mass is 218 g/mol. The minimum absolute atomic E-state index is 0.609. The lowest BCUT2D eigenvalue weighted by Crippen LogP contribution is -2.57. The number of carbonyl (C=O) groups is 3. The standard InChI is InChI=1S/C9H14O6/c1-5(10)4-8(6(2)11,7(3)12)9(13,14)15/h13-15H,4H2,1-3H3. The van der Waals surface area contributed by atoms with Gasteiger partial charge in [-0.05, 0) is 20.8 Å². The Balaban J connectivity index is 5.60. The number of rotatable bonds is 5. The zero-order chi connectivity index (χ0) is 12.4. The smallest absolute Gasteiger partial charge is 0.296 e. The van der Waals surface area contributed by atoms with Crippen LogP contribution < -0.4 is 0 Å². The van der Waals surface area contributed by atoms with Crippen molar-refractivity contribution in [2.24, 2.45) is 5.41 Å². The summed E-state index contributed by atoms with van der Waals surface area (Å²) < 4.78 is 0. The van der Waals surface area contributed by atoms with Gasteiger partial charge in [0.15, 0.2) is 17.0 Å². The molecule has 0 fully saturated rings. The molecule has 86 valence electrons. The first-order chi connectivity index (χ1) is 6.55. The van der Waals surface area contributed by atoms with Crippen LogP contribution >= 0.6 is 0 Å². The number of Topliss-reactive ketones (excluding diaryl/α,β-unsaturated/α-hetero) is 3. The van der Waals surface area contributed by atoms with Crippen molar-refractivity contribution in [1.29, 1.82) is 0 Å². The molecule has 0 aromatic carbocycles. The molecule has 0 aliphatic carbocycles. The van der Waals surface area contributed by atoms with Gasteiger partial charge in [-0.2, -0.15) is 0 Å². The van der Waals surface area contributed by atoms with Crippen LogP contribution in [0.2, 0.25) is 0 Å². The maximum absolute atomic E-state index is 11.2. The van der Waals surface area contributed by atoms with E-state index < -0.39 is 35.2 Å². The zero-order valence-corrected chi connectivity index (χ0v) is 8.77. The molecule has 0 aliphatic rings. The molecule has 6 heteroatoms. The van der Waals surface area contributed by atoms with Gasteiger partial charge in [-0.25, -0.2) is 0 Å². The normalized spacial score (nSPS) is 12.4. The van der Waals surface area contributed by atoms with Gasteiger partial charge in [0.2, 0.25) is 0 Å². The molecule has 3 N–H and O–H groups in total. The summed E-state index contributed by atoms with van der Waals surface area (Å²) in [5.74, 6) is -6.09. The van der Waals surface area contributed by atoms with Crippen molar-refractivity contribution in [3.8, 4) is 0 Å². The Bertz CT molecular complexity index is 284. The average molecular weight is 218 g/mol. The molecule has 0 amide bonds. The number of hydrogen-bond acceptors (Lipinski definition) is 6. The van der Waals surface area contributed by atoms with E-state index in [1.807, 2.05) is 0 Å². The Labute approximate surface area is 86.5 Å². The summed E-state index contributed by atoms with van der Waals surface area (Å²) in [5, 5.41) is 27.1. The first kappa shape index (κ1) is 13.9. The lowest BCUT2D eigenvalue weighted by molar-refractivity contribution is -0.353. The molecule has 0 saturated heterocycles. The van der Waals surface area contributed by atoms with Crippen LogP contribution in [-0.4, -0.2) is 38.6 Å². The van der Waals surface area contributed by atoms with E-state index in [1.54, 1.807) is 0 Å². The zero-order valence-electron chi connectivity index (χ0n) is 8.77. The van der Waals surface area contributed by atoms with Gasteiger partial charge in [-0.1, -0.05) is 0 Å². The van der Waals surface area contributed by atoms with Gasteiger partial charge in [-0.15, -0.1) is 0 Å². The van der Waals surface area contributed by atoms with Crippen molar-refractivity contribution >= 4 is 17.3 Å². The Morgan fingerprint density at radius 1 is 0.933 bits per heavy atom. The highest BCUT2D eigenvalue weighted by atomic mass is 16.7. The van der Waals surface area contributed by atoms with Gasteiger partial charge in [0, 0.05) is 6.42 Å². The van der Waals surface area contributed by atoms with Crippen LogP contribution in [0.5, 0.6) is 0 Å². The van der Waals surface area contributed by atoms with Crippen LogP contribution in [0.25, 0.3) is 0 Å². The highest BCUT2D eigenvalue weighted by molar-refractivity contribution is 6.08. The van der Waals surface area contributed by atoms with Crippen molar-refractivity contribution in [1.82, 2.24) is 0 Å². The molecule has 0 saturated carbocycles. The number of aliphatic hydroxyl groups is 3. The topological polar surface area (TPSA) is 112 Å². The minimum Gasteiger partial charge on any atom is -0.342 e. The summed E-state index contributed by atoms with van der Waals surface area (Å²) >= 11 is 0. The van der Waals surface area contributed by atoms with E-state index in [2.05, 4.69) is 0 Å². The van der Waals surface area contributed by atoms with Gasteiger partial charge in [-0.3, -0.25) is 14.4 Å². The highest BCUT2D eigenvalue weighted by Crippen LogP contribution is 2.34. The Hall–Kier alpha value is -1.11. The molecule has 15 heavy (non-hydrogen) atoms. The van der Waals surface area contributed by atoms with Gasteiger partial charge in [0.05, 0.1) is 0 Å². The summed E-state index contributed by atoms with van der Waals surface area (Å²) in [6, 6.07) is 0. The second kappa shape index (κ2) is 4.18. The predicted molar refractivity (Wildman–Crippen MR) is 48.5 cm³/mol. The van der Waals surface area contributed by atoms with Crippen LogP contribution in [0.15, 0.2) is 0 Å². The van der Waals surface area contributed by atoms with Crippen LogP contribution in [0.4, 0.5) is 0 Å². The second-order valence-corrected chi connectivity index (χ2v) is 3.53. The van der Waals surface area contributed by atoms with Crippen LogP contribution in [0.3, 0.4) is 0 Å². The lowest BCUT2D eigenvalue weighted by Gasteiger charge is -2.34.